The zero-order valence-corrected chi connectivity index (χ0v) is 12.1. The lowest BCUT2D eigenvalue weighted by molar-refractivity contribution is -0.141. The molecule has 0 aliphatic heterocycles. The molecule has 1 aromatic rings. The van der Waals surface area contributed by atoms with Crippen molar-refractivity contribution in [2.75, 3.05) is 12.0 Å². The maximum atomic E-state index is 12.7. The third-order valence-electron chi connectivity index (χ3n) is 2.80. The van der Waals surface area contributed by atoms with Crippen LogP contribution in [0.2, 0.25) is 0 Å². The molecule has 2 N–H and O–H groups in total. The molecule has 0 bridgehead atoms. The maximum absolute atomic E-state index is 12.7. The van der Waals surface area contributed by atoms with Crippen LogP contribution in [0.5, 0.6) is 0 Å². The third kappa shape index (κ3) is 6.06. The minimum atomic E-state index is -1.02. The highest BCUT2D eigenvalue weighted by atomic mass is 32.2. The van der Waals surface area contributed by atoms with Gasteiger partial charge in [-0.2, -0.15) is 11.8 Å². The number of aryl methyl sites for hydroxylation is 1. The first-order chi connectivity index (χ1) is 9.52. The topological polar surface area (TPSA) is 66.4 Å². The van der Waals surface area contributed by atoms with E-state index in [1.165, 1.54) is 23.9 Å². The van der Waals surface area contributed by atoms with Gasteiger partial charge in [-0.25, -0.2) is 9.18 Å². The number of benzene rings is 1. The minimum Gasteiger partial charge on any atom is -0.480 e. The van der Waals surface area contributed by atoms with Gasteiger partial charge in [0.25, 0.3) is 0 Å². The number of rotatable bonds is 8. The predicted molar refractivity (Wildman–Crippen MR) is 77.3 cm³/mol. The normalized spacial score (nSPS) is 11.9. The monoisotopic (exact) mass is 299 g/mol. The molecule has 0 radical (unpaired) electrons. The molecule has 1 aromatic carbocycles. The number of hydrogen-bond donors (Lipinski definition) is 2. The highest BCUT2D eigenvalue weighted by molar-refractivity contribution is 7.98. The van der Waals surface area contributed by atoms with Gasteiger partial charge in [-0.3, -0.25) is 4.79 Å². The van der Waals surface area contributed by atoms with Crippen molar-refractivity contribution in [3.63, 3.8) is 0 Å². The number of amides is 1. The average molecular weight is 299 g/mol. The van der Waals surface area contributed by atoms with Crippen molar-refractivity contribution in [2.24, 2.45) is 0 Å². The number of halogens is 1. The largest absolute Gasteiger partial charge is 0.480 e. The molecule has 4 nitrogen and oxygen atoms in total. The summed E-state index contributed by atoms with van der Waals surface area (Å²) in [6.07, 6.45) is 2.93. The molecular weight excluding hydrogens is 281 g/mol. The Morgan fingerprint density at radius 2 is 2.00 bits per heavy atom. The lowest BCUT2D eigenvalue weighted by Crippen LogP contribution is -2.41. The SMILES string of the molecule is CSCC[C@H](NC(=O)CCc1ccc(F)cc1)C(=O)O. The molecule has 0 saturated heterocycles. The van der Waals surface area contributed by atoms with E-state index in [4.69, 9.17) is 5.11 Å². The molecule has 6 heteroatoms. The number of carbonyl (C=O) groups excluding carboxylic acids is 1. The second kappa shape index (κ2) is 8.58. The summed E-state index contributed by atoms with van der Waals surface area (Å²) in [5.74, 6) is -0.965. The lowest BCUT2D eigenvalue weighted by atomic mass is 10.1. The van der Waals surface area contributed by atoms with Crippen LogP contribution in [0.25, 0.3) is 0 Å². The van der Waals surface area contributed by atoms with Gasteiger partial charge in [-0.15, -0.1) is 0 Å². The Bertz CT molecular complexity index is 450. The number of thioether (sulfide) groups is 1. The summed E-state index contributed by atoms with van der Waals surface area (Å²) in [6.45, 7) is 0. The summed E-state index contributed by atoms with van der Waals surface area (Å²) >= 11 is 1.54. The van der Waals surface area contributed by atoms with E-state index in [9.17, 15) is 14.0 Å². The van der Waals surface area contributed by atoms with Gasteiger partial charge in [0.1, 0.15) is 11.9 Å². The second-order valence-corrected chi connectivity index (χ2v) is 5.35. The van der Waals surface area contributed by atoms with Crippen LogP contribution in [0.4, 0.5) is 4.39 Å². The summed E-state index contributed by atoms with van der Waals surface area (Å²) in [5, 5.41) is 11.5. The van der Waals surface area contributed by atoms with Gasteiger partial charge in [0.2, 0.25) is 5.91 Å². The Hall–Kier alpha value is -1.56. The van der Waals surface area contributed by atoms with Gasteiger partial charge in [0, 0.05) is 6.42 Å². The van der Waals surface area contributed by atoms with E-state index in [-0.39, 0.29) is 18.1 Å². The predicted octanol–water partition coefficient (Wildman–Crippen LogP) is 2.08. The van der Waals surface area contributed by atoms with Crippen LogP contribution in [0.3, 0.4) is 0 Å². The molecule has 0 spiro atoms. The molecule has 0 heterocycles. The van der Waals surface area contributed by atoms with E-state index in [0.717, 1.165) is 5.56 Å². The number of carboxylic acids is 1. The Balaban J connectivity index is 2.41. The van der Waals surface area contributed by atoms with E-state index in [2.05, 4.69) is 5.32 Å². The molecular formula is C14H18FNO3S. The van der Waals surface area contributed by atoms with Crippen LogP contribution in [0.15, 0.2) is 24.3 Å². The Labute approximate surface area is 121 Å². The van der Waals surface area contributed by atoms with Gasteiger partial charge in [-0.1, -0.05) is 12.1 Å². The van der Waals surface area contributed by atoms with E-state index >= 15 is 0 Å². The summed E-state index contributed by atoms with van der Waals surface area (Å²) in [7, 11) is 0. The molecule has 0 unspecified atom stereocenters. The van der Waals surface area contributed by atoms with E-state index in [1.807, 2.05) is 6.26 Å². The average Bonchev–Trinajstić information content (AvgIpc) is 2.42. The second-order valence-electron chi connectivity index (χ2n) is 4.37. The summed E-state index contributed by atoms with van der Waals surface area (Å²) in [4.78, 5) is 22.7. The molecule has 1 atom stereocenters. The summed E-state index contributed by atoms with van der Waals surface area (Å²) in [6, 6.07) is 5.07. The number of carbonyl (C=O) groups is 2. The standard InChI is InChI=1S/C14H18FNO3S/c1-20-9-8-12(14(18)19)16-13(17)7-4-10-2-5-11(15)6-3-10/h2-3,5-6,12H,4,7-9H2,1H3,(H,16,17)(H,18,19)/t12-/m0/s1. The van der Waals surface area contributed by atoms with Crippen molar-refractivity contribution < 1.29 is 19.1 Å². The molecule has 110 valence electrons. The molecule has 0 aliphatic carbocycles. The van der Waals surface area contributed by atoms with Gasteiger partial charge >= 0.3 is 5.97 Å². The number of aliphatic carboxylic acids is 1. The zero-order chi connectivity index (χ0) is 15.0. The van der Waals surface area contributed by atoms with Crippen molar-refractivity contribution in [1.29, 1.82) is 0 Å². The molecule has 0 aliphatic rings. The number of nitrogens with one attached hydrogen (secondary N) is 1. The molecule has 0 aromatic heterocycles. The van der Waals surface area contributed by atoms with Crippen LogP contribution in [-0.2, 0) is 16.0 Å². The molecule has 1 rings (SSSR count). The van der Waals surface area contributed by atoms with Crippen molar-refractivity contribution in [2.45, 2.75) is 25.3 Å². The van der Waals surface area contributed by atoms with Crippen molar-refractivity contribution in [1.82, 2.24) is 5.32 Å². The lowest BCUT2D eigenvalue weighted by Gasteiger charge is -2.13. The highest BCUT2D eigenvalue weighted by Gasteiger charge is 2.18. The van der Waals surface area contributed by atoms with Gasteiger partial charge in [-0.05, 0) is 42.5 Å². The Morgan fingerprint density at radius 1 is 1.35 bits per heavy atom. The van der Waals surface area contributed by atoms with Crippen LogP contribution in [0.1, 0.15) is 18.4 Å². The molecule has 0 saturated carbocycles. The van der Waals surface area contributed by atoms with E-state index < -0.39 is 12.0 Å². The highest BCUT2D eigenvalue weighted by Crippen LogP contribution is 2.06. The fraction of sp³-hybridized carbons (Fsp3) is 0.429. The number of carboxylic acid groups (broad SMARTS) is 1. The van der Waals surface area contributed by atoms with Crippen molar-refractivity contribution in [3.8, 4) is 0 Å². The first-order valence-electron chi connectivity index (χ1n) is 6.28. The van der Waals surface area contributed by atoms with E-state index in [0.29, 0.717) is 18.6 Å². The Kier molecular flexibility index (Phi) is 7.08. The molecule has 0 fully saturated rings. The molecule has 20 heavy (non-hydrogen) atoms. The summed E-state index contributed by atoms with van der Waals surface area (Å²) < 4.78 is 12.7. The van der Waals surface area contributed by atoms with Crippen LogP contribution in [-0.4, -0.2) is 35.0 Å². The third-order valence-corrected chi connectivity index (χ3v) is 3.44. The first-order valence-corrected chi connectivity index (χ1v) is 7.68. The fourth-order valence-electron chi connectivity index (χ4n) is 1.67. The van der Waals surface area contributed by atoms with Gasteiger partial charge in [0.05, 0.1) is 0 Å². The van der Waals surface area contributed by atoms with Crippen LogP contribution >= 0.6 is 11.8 Å². The van der Waals surface area contributed by atoms with Crippen molar-refractivity contribution in [3.05, 3.63) is 35.6 Å². The van der Waals surface area contributed by atoms with Crippen LogP contribution in [0, 0.1) is 5.82 Å². The summed E-state index contributed by atoms with van der Waals surface area (Å²) in [5.41, 5.74) is 0.845. The van der Waals surface area contributed by atoms with Gasteiger partial charge < -0.3 is 10.4 Å². The fourth-order valence-corrected chi connectivity index (χ4v) is 2.14. The zero-order valence-electron chi connectivity index (χ0n) is 11.3. The van der Waals surface area contributed by atoms with Gasteiger partial charge in [0.15, 0.2) is 0 Å². The van der Waals surface area contributed by atoms with Crippen molar-refractivity contribution >= 4 is 23.6 Å². The molecule has 1 amide bonds. The maximum Gasteiger partial charge on any atom is 0.326 e. The Morgan fingerprint density at radius 3 is 2.55 bits per heavy atom. The number of hydrogen-bond acceptors (Lipinski definition) is 3. The van der Waals surface area contributed by atoms with E-state index in [1.54, 1.807) is 12.1 Å². The first kappa shape index (κ1) is 16.5. The van der Waals surface area contributed by atoms with Crippen LogP contribution < -0.4 is 5.32 Å². The minimum absolute atomic E-state index is 0.189. The smallest absolute Gasteiger partial charge is 0.326 e. The quantitative estimate of drug-likeness (QED) is 0.771.